The van der Waals surface area contributed by atoms with Crippen molar-refractivity contribution in [3.8, 4) is 0 Å². The highest BCUT2D eigenvalue weighted by molar-refractivity contribution is 5.96. The SMILES string of the molecule is CCCC(NC(=O)C(C)NC(=O)CON=C1C=C2CCC3C4CCC(C(C)=O)[C@@]4(C)CCC3[C@@]2(C)CC1)C(=O)O. The lowest BCUT2D eigenvalue weighted by atomic mass is 9.46. The molecule has 0 spiro atoms. The van der Waals surface area contributed by atoms with Crippen LogP contribution in [0.25, 0.3) is 0 Å². The Labute approximate surface area is 237 Å². The number of ketones is 1. The average molecular weight is 558 g/mol. The number of aliphatic carboxylic acids is 1. The van der Waals surface area contributed by atoms with E-state index in [9.17, 15) is 24.3 Å². The summed E-state index contributed by atoms with van der Waals surface area (Å²) in [5, 5.41) is 18.5. The quantitative estimate of drug-likeness (QED) is 0.341. The molecule has 0 heterocycles. The van der Waals surface area contributed by atoms with Crippen LogP contribution in [-0.4, -0.2) is 53.1 Å². The predicted molar refractivity (Wildman–Crippen MR) is 151 cm³/mol. The summed E-state index contributed by atoms with van der Waals surface area (Å²) in [4.78, 5) is 53.7. The molecule has 8 atom stereocenters. The third-order valence-corrected chi connectivity index (χ3v) is 10.8. The monoisotopic (exact) mass is 557 g/mol. The molecular formula is C31H47N3O6. The van der Waals surface area contributed by atoms with Crippen LogP contribution in [0.4, 0.5) is 0 Å². The van der Waals surface area contributed by atoms with E-state index in [1.807, 2.05) is 6.92 Å². The summed E-state index contributed by atoms with van der Waals surface area (Å²) < 4.78 is 0. The maximum absolute atomic E-state index is 12.4. The van der Waals surface area contributed by atoms with E-state index < -0.39 is 29.9 Å². The zero-order valence-corrected chi connectivity index (χ0v) is 24.8. The van der Waals surface area contributed by atoms with Crippen molar-refractivity contribution in [3.05, 3.63) is 11.6 Å². The summed E-state index contributed by atoms with van der Waals surface area (Å²) in [6.07, 6.45) is 11.6. The van der Waals surface area contributed by atoms with Crippen molar-refractivity contribution in [1.82, 2.24) is 10.6 Å². The van der Waals surface area contributed by atoms with Gasteiger partial charge >= 0.3 is 5.97 Å². The van der Waals surface area contributed by atoms with Crippen molar-refractivity contribution in [2.45, 2.75) is 111 Å². The molecule has 9 nitrogen and oxygen atoms in total. The van der Waals surface area contributed by atoms with Gasteiger partial charge in [0.15, 0.2) is 6.61 Å². The molecule has 4 aliphatic rings. The minimum atomic E-state index is -1.10. The first kappa shape index (κ1) is 30.3. The molecule has 4 aliphatic carbocycles. The number of allylic oxidation sites excluding steroid dienone is 2. The van der Waals surface area contributed by atoms with Crippen LogP contribution in [0.15, 0.2) is 16.8 Å². The molecule has 6 unspecified atom stereocenters. The molecule has 0 radical (unpaired) electrons. The Morgan fingerprint density at radius 3 is 2.50 bits per heavy atom. The number of rotatable bonds is 10. The van der Waals surface area contributed by atoms with Crippen molar-refractivity contribution in [2.75, 3.05) is 6.61 Å². The number of nitrogens with one attached hydrogen (secondary N) is 2. The van der Waals surface area contributed by atoms with Crippen LogP contribution in [0.5, 0.6) is 0 Å². The second kappa shape index (κ2) is 12.0. The minimum Gasteiger partial charge on any atom is -0.480 e. The van der Waals surface area contributed by atoms with E-state index in [-0.39, 0.29) is 23.4 Å². The van der Waals surface area contributed by atoms with Gasteiger partial charge in [0.1, 0.15) is 17.9 Å². The zero-order valence-electron chi connectivity index (χ0n) is 24.8. The first-order valence-electron chi connectivity index (χ1n) is 15.1. The Hall–Kier alpha value is -2.71. The largest absolute Gasteiger partial charge is 0.480 e. The molecule has 3 saturated carbocycles. The summed E-state index contributed by atoms with van der Waals surface area (Å²) in [6.45, 7) is 9.61. The van der Waals surface area contributed by atoms with Gasteiger partial charge in [-0.1, -0.05) is 37.9 Å². The Bertz CT molecular complexity index is 1080. The number of carbonyl (C=O) groups excluding carboxylic acids is 3. The van der Waals surface area contributed by atoms with E-state index in [0.717, 1.165) is 44.2 Å². The lowest BCUT2D eigenvalue weighted by molar-refractivity contribution is -0.142. The topological polar surface area (TPSA) is 134 Å². The van der Waals surface area contributed by atoms with Crippen molar-refractivity contribution >= 4 is 29.3 Å². The molecule has 222 valence electrons. The summed E-state index contributed by atoms with van der Waals surface area (Å²) >= 11 is 0. The highest BCUT2D eigenvalue weighted by atomic mass is 16.6. The fourth-order valence-electron chi connectivity index (χ4n) is 8.68. The number of carbonyl (C=O) groups is 4. The number of Topliss-reactive ketones (excluding diaryl/α,β-unsaturated/α-hetero) is 1. The average Bonchev–Trinajstić information content (AvgIpc) is 3.26. The van der Waals surface area contributed by atoms with Gasteiger partial charge in [0.05, 0.1) is 5.71 Å². The Kier molecular flexibility index (Phi) is 9.10. The number of fused-ring (bicyclic) bond motifs is 5. The van der Waals surface area contributed by atoms with Gasteiger partial charge < -0.3 is 20.6 Å². The fraction of sp³-hybridized carbons (Fsp3) is 0.774. The highest BCUT2D eigenvalue weighted by Gasteiger charge is 2.59. The van der Waals surface area contributed by atoms with Crippen LogP contribution in [0, 0.1) is 34.5 Å². The van der Waals surface area contributed by atoms with E-state index in [1.165, 1.54) is 25.3 Å². The van der Waals surface area contributed by atoms with Gasteiger partial charge in [-0.15, -0.1) is 0 Å². The van der Waals surface area contributed by atoms with Gasteiger partial charge in [0.2, 0.25) is 5.91 Å². The predicted octanol–water partition coefficient (Wildman–Crippen LogP) is 4.40. The number of nitrogens with zero attached hydrogens (tertiary/aromatic N) is 1. The molecule has 0 aromatic rings. The van der Waals surface area contributed by atoms with E-state index in [4.69, 9.17) is 4.84 Å². The van der Waals surface area contributed by atoms with Crippen LogP contribution >= 0.6 is 0 Å². The molecule has 9 heteroatoms. The maximum Gasteiger partial charge on any atom is 0.326 e. The Morgan fingerprint density at radius 2 is 1.82 bits per heavy atom. The van der Waals surface area contributed by atoms with E-state index in [2.05, 4.69) is 35.7 Å². The van der Waals surface area contributed by atoms with Crippen LogP contribution in [-0.2, 0) is 24.0 Å². The molecule has 0 saturated heterocycles. The summed E-state index contributed by atoms with van der Waals surface area (Å²) in [5.74, 6) is 0.407. The highest BCUT2D eigenvalue weighted by Crippen LogP contribution is 2.66. The number of hydrogen-bond acceptors (Lipinski definition) is 6. The van der Waals surface area contributed by atoms with Crippen LogP contribution < -0.4 is 10.6 Å². The number of oxime groups is 1. The number of amides is 2. The smallest absolute Gasteiger partial charge is 0.326 e. The van der Waals surface area contributed by atoms with Crippen molar-refractivity contribution in [2.24, 2.45) is 39.7 Å². The molecule has 0 aromatic carbocycles. The molecule has 0 aromatic heterocycles. The maximum atomic E-state index is 12.4. The van der Waals surface area contributed by atoms with Gasteiger partial charge in [-0.25, -0.2) is 4.79 Å². The molecule has 0 aliphatic heterocycles. The minimum absolute atomic E-state index is 0.142. The van der Waals surface area contributed by atoms with Crippen molar-refractivity contribution < 1.29 is 29.1 Å². The molecular weight excluding hydrogens is 510 g/mol. The first-order valence-corrected chi connectivity index (χ1v) is 15.1. The zero-order chi connectivity index (χ0) is 29.2. The second-order valence-corrected chi connectivity index (χ2v) is 13.1. The molecule has 3 fully saturated rings. The normalized spacial score (nSPS) is 35.3. The molecule has 0 bridgehead atoms. The van der Waals surface area contributed by atoms with Gasteiger partial charge in [0.25, 0.3) is 5.91 Å². The lowest BCUT2D eigenvalue weighted by Gasteiger charge is -2.58. The third-order valence-electron chi connectivity index (χ3n) is 10.8. The van der Waals surface area contributed by atoms with Crippen LogP contribution in [0.3, 0.4) is 0 Å². The third kappa shape index (κ3) is 5.84. The van der Waals surface area contributed by atoms with Crippen molar-refractivity contribution in [1.29, 1.82) is 0 Å². The first-order chi connectivity index (χ1) is 18.9. The van der Waals surface area contributed by atoms with E-state index in [1.54, 1.807) is 6.92 Å². The number of hydrogen-bond donors (Lipinski definition) is 3. The summed E-state index contributed by atoms with van der Waals surface area (Å²) in [6, 6.07) is -1.87. The fourth-order valence-corrected chi connectivity index (χ4v) is 8.68. The van der Waals surface area contributed by atoms with Gasteiger partial charge in [-0.05, 0) is 106 Å². The summed E-state index contributed by atoms with van der Waals surface area (Å²) in [5.41, 5.74) is 2.57. The van der Waals surface area contributed by atoms with Crippen molar-refractivity contribution in [3.63, 3.8) is 0 Å². The number of carboxylic acid groups (broad SMARTS) is 1. The molecule has 40 heavy (non-hydrogen) atoms. The number of carboxylic acids is 1. The Morgan fingerprint density at radius 1 is 1.07 bits per heavy atom. The van der Waals surface area contributed by atoms with Gasteiger partial charge in [-0.3, -0.25) is 14.4 Å². The van der Waals surface area contributed by atoms with Gasteiger partial charge in [-0.2, -0.15) is 0 Å². The van der Waals surface area contributed by atoms with Crippen LogP contribution in [0.2, 0.25) is 0 Å². The lowest BCUT2D eigenvalue weighted by Crippen LogP contribution is -2.51. The summed E-state index contributed by atoms with van der Waals surface area (Å²) in [7, 11) is 0. The van der Waals surface area contributed by atoms with Crippen LogP contribution in [0.1, 0.15) is 98.8 Å². The molecule has 4 rings (SSSR count). The standard InChI is InChI=1S/C31H47N3O6/c1-6-7-26(29(38)39)33-28(37)18(2)32-27(36)17-40-34-21-12-14-30(4)20(16-21)8-9-22-24-11-10-23(19(3)35)31(24,5)15-13-25(22)30/h16,18,22-26H,6-15,17H2,1-5H3,(H,32,36)(H,33,37)(H,38,39)/t18?,22?,23?,24?,25?,26?,30-,31+/m0/s1. The Balaban J connectivity index is 1.31. The van der Waals surface area contributed by atoms with Gasteiger partial charge in [0, 0.05) is 5.92 Å². The van der Waals surface area contributed by atoms with E-state index >= 15 is 0 Å². The molecule has 3 N–H and O–H groups in total. The second-order valence-electron chi connectivity index (χ2n) is 13.1. The molecule has 2 amide bonds. The van der Waals surface area contributed by atoms with E-state index in [0.29, 0.717) is 36.4 Å².